The van der Waals surface area contributed by atoms with Gasteiger partial charge in [0.15, 0.2) is 5.11 Å². The number of nitrogens with one attached hydrogen (secondary N) is 1. The van der Waals surface area contributed by atoms with Gasteiger partial charge in [-0.1, -0.05) is 57.9 Å². The average molecular weight is 525 g/mol. The van der Waals surface area contributed by atoms with E-state index in [-0.39, 0.29) is 16.4 Å². The first-order valence-electron chi connectivity index (χ1n) is 9.97. The molecule has 8 heteroatoms. The topological polar surface area (TPSA) is 58.6 Å². The first kappa shape index (κ1) is 22.8. The van der Waals surface area contributed by atoms with Gasteiger partial charge in [-0.15, -0.1) is 0 Å². The predicted molar refractivity (Wildman–Crippen MR) is 132 cm³/mol. The second kappa shape index (κ2) is 9.64. The maximum atomic E-state index is 14.4. The summed E-state index contributed by atoms with van der Waals surface area (Å²) in [4.78, 5) is 26.8. The molecule has 0 unspecified atom stereocenters. The molecule has 2 amide bonds. The Balaban J connectivity index is 1.69. The number of carbonyl (C=O) groups is 2. The van der Waals surface area contributed by atoms with E-state index in [1.165, 1.54) is 24.3 Å². The van der Waals surface area contributed by atoms with Gasteiger partial charge in [0.05, 0.1) is 5.69 Å². The summed E-state index contributed by atoms with van der Waals surface area (Å²) < 4.78 is 21.1. The van der Waals surface area contributed by atoms with Gasteiger partial charge < -0.3 is 4.74 Å². The second-order valence-electron chi connectivity index (χ2n) is 7.37. The Morgan fingerprint density at radius 3 is 2.64 bits per heavy atom. The molecule has 1 aliphatic rings. The molecular formula is C25H18BrFN2O3S. The highest BCUT2D eigenvalue weighted by Gasteiger charge is 2.35. The minimum absolute atomic E-state index is 0.0384. The number of carbonyl (C=O) groups excluding carboxylic acids is 2. The van der Waals surface area contributed by atoms with Crippen molar-refractivity contribution in [2.45, 2.75) is 13.5 Å². The molecular weight excluding hydrogens is 507 g/mol. The molecule has 1 fully saturated rings. The van der Waals surface area contributed by atoms with Crippen LogP contribution in [0.1, 0.15) is 16.7 Å². The summed E-state index contributed by atoms with van der Waals surface area (Å²) in [7, 11) is 0. The van der Waals surface area contributed by atoms with Crippen LogP contribution in [0.5, 0.6) is 5.75 Å². The highest BCUT2D eigenvalue weighted by atomic mass is 79.9. The molecule has 3 aromatic carbocycles. The van der Waals surface area contributed by atoms with Crippen LogP contribution in [0.15, 0.2) is 76.8 Å². The summed E-state index contributed by atoms with van der Waals surface area (Å²) in [5, 5.41) is 2.28. The van der Waals surface area contributed by atoms with Crippen molar-refractivity contribution in [3.63, 3.8) is 0 Å². The van der Waals surface area contributed by atoms with Crippen LogP contribution < -0.4 is 15.0 Å². The van der Waals surface area contributed by atoms with Crippen LogP contribution in [0.25, 0.3) is 6.08 Å². The number of para-hydroxylation sites is 1. The molecule has 1 saturated heterocycles. The van der Waals surface area contributed by atoms with E-state index in [1.54, 1.807) is 24.3 Å². The van der Waals surface area contributed by atoms with Gasteiger partial charge in [-0.25, -0.2) is 9.29 Å². The summed E-state index contributed by atoms with van der Waals surface area (Å²) in [6.45, 7) is 2.31. The Hall–Kier alpha value is -3.36. The lowest BCUT2D eigenvalue weighted by molar-refractivity contribution is -0.122. The zero-order valence-electron chi connectivity index (χ0n) is 17.5. The Morgan fingerprint density at radius 1 is 1.09 bits per heavy atom. The molecule has 0 aromatic heterocycles. The molecule has 166 valence electrons. The molecule has 1 N–H and O–H groups in total. The van der Waals surface area contributed by atoms with Gasteiger partial charge in [-0.3, -0.25) is 14.9 Å². The summed E-state index contributed by atoms with van der Waals surface area (Å²) in [6.07, 6.45) is 1.42. The summed E-state index contributed by atoms with van der Waals surface area (Å²) in [5.41, 5.74) is 2.38. The van der Waals surface area contributed by atoms with Crippen molar-refractivity contribution in [3.8, 4) is 5.75 Å². The van der Waals surface area contributed by atoms with Crippen LogP contribution in [0.3, 0.4) is 0 Å². The maximum Gasteiger partial charge on any atom is 0.270 e. The Kier molecular flexibility index (Phi) is 6.67. The van der Waals surface area contributed by atoms with E-state index in [0.717, 1.165) is 20.5 Å². The molecule has 4 rings (SSSR count). The number of hydrogen-bond donors (Lipinski definition) is 1. The molecule has 1 heterocycles. The Labute approximate surface area is 204 Å². The van der Waals surface area contributed by atoms with Crippen molar-refractivity contribution in [1.29, 1.82) is 0 Å². The number of nitrogens with zero attached hydrogens (tertiary/aromatic N) is 1. The fourth-order valence-electron chi connectivity index (χ4n) is 3.39. The number of benzene rings is 3. The largest absolute Gasteiger partial charge is 0.488 e. The molecule has 0 atom stereocenters. The number of hydrogen-bond acceptors (Lipinski definition) is 4. The van der Waals surface area contributed by atoms with Gasteiger partial charge >= 0.3 is 0 Å². The van der Waals surface area contributed by atoms with Crippen LogP contribution in [0.4, 0.5) is 10.1 Å². The SMILES string of the molecule is Cc1cccc(COc2ccc(Br)cc2/C=C2\C(=O)NC(=S)N(c3ccccc3F)C2=O)c1. The van der Waals surface area contributed by atoms with E-state index in [4.69, 9.17) is 17.0 Å². The summed E-state index contributed by atoms with van der Waals surface area (Å²) >= 11 is 8.55. The molecule has 3 aromatic rings. The van der Waals surface area contributed by atoms with Crippen molar-refractivity contribution in [1.82, 2.24) is 5.32 Å². The first-order chi connectivity index (χ1) is 15.8. The number of ether oxygens (including phenoxy) is 1. The first-order valence-corrected chi connectivity index (χ1v) is 11.2. The van der Waals surface area contributed by atoms with E-state index in [1.807, 2.05) is 31.2 Å². The van der Waals surface area contributed by atoms with E-state index in [2.05, 4.69) is 21.2 Å². The van der Waals surface area contributed by atoms with E-state index < -0.39 is 17.6 Å². The van der Waals surface area contributed by atoms with Gasteiger partial charge in [0.1, 0.15) is 23.7 Å². The van der Waals surface area contributed by atoms with Crippen molar-refractivity contribution in [2.24, 2.45) is 0 Å². The zero-order chi connectivity index (χ0) is 23.5. The smallest absolute Gasteiger partial charge is 0.270 e. The van der Waals surface area contributed by atoms with Crippen molar-refractivity contribution in [2.75, 3.05) is 4.90 Å². The molecule has 0 saturated carbocycles. The summed E-state index contributed by atoms with van der Waals surface area (Å²) in [6, 6.07) is 18.9. The van der Waals surface area contributed by atoms with Crippen molar-refractivity contribution in [3.05, 3.63) is 99.3 Å². The number of amides is 2. The lowest BCUT2D eigenvalue weighted by Gasteiger charge is -2.29. The van der Waals surface area contributed by atoms with Gasteiger partial charge in [0, 0.05) is 10.0 Å². The van der Waals surface area contributed by atoms with Crippen LogP contribution >= 0.6 is 28.1 Å². The van der Waals surface area contributed by atoms with Crippen LogP contribution in [-0.4, -0.2) is 16.9 Å². The van der Waals surface area contributed by atoms with Crippen LogP contribution in [-0.2, 0) is 16.2 Å². The zero-order valence-corrected chi connectivity index (χ0v) is 19.9. The second-order valence-corrected chi connectivity index (χ2v) is 8.67. The monoisotopic (exact) mass is 524 g/mol. The van der Waals surface area contributed by atoms with E-state index in [9.17, 15) is 14.0 Å². The number of thiocarbonyl (C=S) groups is 1. The van der Waals surface area contributed by atoms with Crippen LogP contribution in [0.2, 0.25) is 0 Å². The van der Waals surface area contributed by atoms with Crippen LogP contribution in [0, 0.1) is 12.7 Å². The number of aryl methyl sites for hydroxylation is 1. The third-order valence-electron chi connectivity index (χ3n) is 4.94. The van der Waals surface area contributed by atoms with Gasteiger partial charge in [-0.2, -0.15) is 0 Å². The Bertz CT molecular complexity index is 1310. The highest BCUT2D eigenvalue weighted by molar-refractivity contribution is 9.10. The summed E-state index contributed by atoms with van der Waals surface area (Å²) in [5.74, 6) is -1.53. The average Bonchev–Trinajstić information content (AvgIpc) is 2.77. The van der Waals surface area contributed by atoms with Gasteiger partial charge in [0.2, 0.25) is 0 Å². The lowest BCUT2D eigenvalue weighted by Crippen LogP contribution is -2.54. The van der Waals surface area contributed by atoms with Gasteiger partial charge in [0.25, 0.3) is 11.8 Å². The normalized spacial score (nSPS) is 15.1. The predicted octanol–water partition coefficient (Wildman–Crippen LogP) is 5.31. The number of anilines is 1. The quantitative estimate of drug-likeness (QED) is 0.279. The molecule has 5 nitrogen and oxygen atoms in total. The minimum atomic E-state index is -0.724. The minimum Gasteiger partial charge on any atom is -0.488 e. The lowest BCUT2D eigenvalue weighted by atomic mass is 10.1. The molecule has 1 aliphatic heterocycles. The third-order valence-corrected chi connectivity index (χ3v) is 5.72. The third kappa shape index (κ3) is 5.02. The highest BCUT2D eigenvalue weighted by Crippen LogP contribution is 2.29. The molecule has 33 heavy (non-hydrogen) atoms. The number of halogens is 2. The fraction of sp³-hybridized carbons (Fsp3) is 0.0800. The number of rotatable bonds is 5. The Morgan fingerprint density at radius 2 is 1.88 bits per heavy atom. The molecule has 0 aliphatic carbocycles. The van der Waals surface area contributed by atoms with E-state index >= 15 is 0 Å². The molecule has 0 spiro atoms. The molecule has 0 bridgehead atoms. The van der Waals surface area contributed by atoms with Crippen molar-refractivity contribution < 1.29 is 18.7 Å². The fourth-order valence-corrected chi connectivity index (χ4v) is 4.04. The maximum absolute atomic E-state index is 14.4. The standard InChI is InChI=1S/C25H18BrFN2O3S/c1-15-5-4-6-16(11-15)14-32-22-10-9-18(26)12-17(22)13-19-23(30)28-25(33)29(24(19)31)21-8-3-2-7-20(21)27/h2-13H,14H2,1H3,(H,28,30,33)/b19-13+. The van der Waals surface area contributed by atoms with Gasteiger partial charge in [-0.05, 0) is 61.1 Å². The van der Waals surface area contributed by atoms with Crippen molar-refractivity contribution >= 4 is 56.8 Å². The molecule has 0 radical (unpaired) electrons. The van der Waals surface area contributed by atoms with E-state index in [0.29, 0.717) is 17.9 Å².